The molecule has 0 bridgehead atoms. The number of hydrogen-bond donors (Lipinski definition) is 2. The van der Waals surface area contributed by atoms with Crippen LogP contribution in [0.2, 0.25) is 0 Å². The molecule has 0 saturated heterocycles. The van der Waals surface area contributed by atoms with E-state index in [1.807, 2.05) is 0 Å². The lowest BCUT2D eigenvalue weighted by Gasteiger charge is -2.10. The number of nitrogen functional groups attached to an aromatic ring is 1. The van der Waals surface area contributed by atoms with Crippen LogP contribution in [-0.2, 0) is 19.5 Å². The molecule has 1 aromatic carbocycles. The molecule has 0 aromatic heterocycles. The third-order valence-corrected chi connectivity index (χ3v) is 4.08. The van der Waals surface area contributed by atoms with Crippen molar-refractivity contribution in [3.8, 4) is 0 Å². The van der Waals surface area contributed by atoms with Crippen LogP contribution in [0, 0.1) is 6.92 Å². The molecule has 108 valence electrons. The summed E-state index contributed by atoms with van der Waals surface area (Å²) in [7, 11) is -1.97. The van der Waals surface area contributed by atoms with Gasteiger partial charge in [0.05, 0.1) is 24.7 Å². The zero-order valence-electron chi connectivity index (χ0n) is 11.2. The maximum atomic E-state index is 12.0. The van der Waals surface area contributed by atoms with Crippen molar-refractivity contribution in [2.75, 3.05) is 39.2 Å². The molecular weight excluding hydrogens is 268 g/mol. The van der Waals surface area contributed by atoms with Crippen LogP contribution in [0.3, 0.4) is 0 Å². The van der Waals surface area contributed by atoms with E-state index in [1.54, 1.807) is 26.2 Å². The van der Waals surface area contributed by atoms with Crippen LogP contribution < -0.4 is 10.5 Å². The summed E-state index contributed by atoms with van der Waals surface area (Å²) < 4.78 is 36.6. The highest BCUT2D eigenvalue weighted by molar-refractivity contribution is 7.89. The Balaban J connectivity index is 2.54. The number of methoxy groups -OCH3 is 1. The van der Waals surface area contributed by atoms with Gasteiger partial charge in [0.15, 0.2) is 0 Å². The normalized spacial score (nSPS) is 11.7. The Labute approximate surface area is 113 Å². The first kappa shape index (κ1) is 15.9. The maximum absolute atomic E-state index is 12.0. The highest BCUT2D eigenvalue weighted by atomic mass is 32.2. The fourth-order valence-electron chi connectivity index (χ4n) is 1.48. The van der Waals surface area contributed by atoms with Crippen LogP contribution in [0.15, 0.2) is 23.1 Å². The Morgan fingerprint density at radius 2 is 2.00 bits per heavy atom. The van der Waals surface area contributed by atoms with Crippen LogP contribution >= 0.6 is 0 Å². The lowest BCUT2D eigenvalue weighted by atomic mass is 10.2. The van der Waals surface area contributed by atoms with Crippen molar-refractivity contribution < 1.29 is 17.9 Å². The van der Waals surface area contributed by atoms with Gasteiger partial charge in [0.25, 0.3) is 0 Å². The van der Waals surface area contributed by atoms with E-state index < -0.39 is 10.0 Å². The average Bonchev–Trinajstić information content (AvgIpc) is 2.36. The van der Waals surface area contributed by atoms with E-state index in [-0.39, 0.29) is 11.4 Å². The lowest BCUT2D eigenvalue weighted by Crippen LogP contribution is -2.28. The second-order valence-electron chi connectivity index (χ2n) is 4.03. The van der Waals surface area contributed by atoms with Gasteiger partial charge in [-0.25, -0.2) is 13.1 Å². The number of ether oxygens (including phenoxy) is 2. The standard InChI is InChI=1S/C12H20N2O4S/c1-10-3-4-11(13)9-12(10)19(15,16)14-5-6-18-8-7-17-2/h3-4,9,14H,5-8,13H2,1-2H3. The Kier molecular flexibility index (Phi) is 6.23. The molecule has 0 atom stereocenters. The minimum Gasteiger partial charge on any atom is -0.399 e. The summed E-state index contributed by atoms with van der Waals surface area (Å²) >= 11 is 0. The van der Waals surface area contributed by atoms with Crippen LogP contribution in [-0.4, -0.2) is 41.9 Å². The molecule has 0 saturated carbocycles. The van der Waals surface area contributed by atoms with Gasteiger partial charge in [0.1, 0.15) is 0 Å². The summed E-state index contributed by atoms with van der Waals surface area (Å²) in [5.41, 5.74) is 6.68. The smallest absolute Gasteiger partial charge is 0.240 e. The summed E-state index contributed by atoms with van der Waals surface area (Å²) in [6.45, 7) is 3.16. The minimum absolute atomic E-state index is 0.199. The van der Waals surface area contributed by atoms with Gasteiger partial charge in [-0.1, -0.05) is 6.07 Å². The number of anilines is 1. The molecule has 0 fully saturated rings. The molecule has 7 heteroatoms. The topological polar surface area (TPSA) is 90.6 Å². The Morgan fingerprint density at radius 3 is 2.68 bits per heavy atom. The van der Waals surface area contributed by atoms with Crippen molar-refractivity contribution in [2.24, 2.45) is 0 Å². The molecule has 19 heavy (non-hydrogen) atoms. The molecule has 6 nitrogen and oxygen atoms in total. The number of sulfonamides is 1. The maximum Gasteiger partial charge on any atom is 0.240 e. The Bertz CT molecular complexity index is 502. The molecule has 0 heterocycles. The summed E-state index contributed by atoms with van der Waals surface area (Å²) in [5.74, 6) is 0. The van der Waals surface area contributed by atoms with Crippen LogP contribution in [0.5, 0.6) is 0 Å². The van der Waals surface area contributed by atoms with Gasteiger partial charge < -0.3 is 15.2 Å². The largest absolute Gasteiger partial charge is 0.399 e. The van der Waals surface area contributed by atoms with Crippen LogP contribution in [0.1, 0.15) is 5.56 Å². The van der Waals surface area contributed by atoms with E-state index in [1.165, 1.54) is 6.07 Å². The zero-order chi connectivity index (χ0) is 14.3. The first-order valence-corrected chi connectivity index (χ1v) is 7.38. The monoisotopic (exact) mass is 288 g/mol. The highest BCUT2D eigenvalue weighted by Gasteiger charge is 2.16. The van der Waals surface area contributed by atoms with E-state index in [9.17, 15) is 8.42 Å². The van der Waals surface area contributed by atoms with Gasteiger partial charge in [0, 0.05) is 19.3 Å². The molecule has 0 spiro atoms. The van der Waals surface area contributed by atoms with E-state index >= 15 is 0 Å². The predicted octanol–water partition coefficient (Wildman–Crippen LogP) is 0.519. The second-order valence-corrected chi connectivity index (χ2v) is 5.76. The second kappa shape index (κ2) is 7.44. The molecule has 0 aliphatic carbocycles. The van der Waals surface area contributed by atoms with Crippen LogP contribution in [0.4, 0.5) is 5.69 Å². The minimum atomic E-state index is -3.55. The molecule has 0 unspecified atom stereocenters. The third-order valence-electron chi connectivity index (χ3n) is 2.47. The summed E-state index contributed by atoms with van der Waals surface area (Å²) in [4.78, 5) is 0.199. The molecule has 0 radical (unpaired) electrons. The number of nitrogens with one attached hydrogen (secondary N) is 1. The first-order chi connectivity index (χ1) is 8.97. The summed E-state index contributed by atoms with van der Waals surface area (Å²) in [5, 5.41) is 0. The molecule has 3 N–H and O–H groups in total. The number of benzene rings is 1. The average molecular weight is 288 g/mol. The molecule has 1 rings (SSSR count). The summed E-state index contributed by atoms with van der Waals surface area (Å²) in [6.07, 6.45) is 0. The van der Waals surface area contributed by atoms with E-state index in [0.717, 1.165) is 0 Å². The molecular formula is C12H20N2O4S. The Hall–Kier alpha value is -1.15. The molecule has 0 aliphatic rings. The van der Waals surface area contributed by atoms with Crippen molar-refractivity contribution in [3.63, 3.8) is 0 Å². The predicted molar refractivity (Wildman–Crippen MR) is 73.5 cm³/mol. The number of hydrogen-bond acceptors (Lipinski definition) is 5. The fourth-order valence-corrected chi connectivity index (χ4v) is 2.77. The van der Waals surface area contributed by atoms with Crippen molar-refractivity contribution in [1.82, 2.24) is 4.72 Å². The van der Waals surface area contributed by atoms with Gasteiger partial charge in [-0.15, -0.1) is 0 Å². The van der Waals surface area contributed by atoms with E-state index in [0.29, 0.717) is 31.1 Å². The summed E-state index contributed by atoms with van der Waals surface area (Å²) in [6, 6.07) is 4.80. The third kappa shape index (κ3) is 5.15. The number of rotatable bonds is 8. The Morgan fingerprint density at radius 1 is 1.26 bits per heavy atom. The van der Waals surface area contributed by atoms with Crippen molar-refractivity contribution in [1.29, 1.82) is 0 Å². The number of nitrogens with two attached hydrogens (primary N) is 1. The van der Waals surface area contributed by atoms with Gasteiger partial charge in [-0.3, -0.25) is 0 Å². The highest BCUT2D eigenvalue weighted by Crippen LogP contribution is 2.17. The van der Waals surface area contributed by atoms with E-state index in [4.69, 9.17) is 15.2 Å². The SMILES string of the molecule is COCCOCCNS(=O)(=O)c1cc(N)ccc1C. The van der Waals surface area contributed by atoms with E-state index in [2.05, 4.69) is 4.72 Å². The van der Waals surface area contributed by atoms with Gasteiger partial charge in [-0.05, 0) is 24.6 Å². The molecule has 1 aromatic rings. The van der Waals surface area contributed by atoms with Gasteiger partial charge in [-0.2, -0.15) is 0 Å². The number of aryl methyl sites for hydroxylation is 1. The van der Waals surface area contributed by atoms with Gasteiger partial charge >= 0.3 is 0 Å². The van der Waals surface area contributed by atoms with Crippen LogP contribution in [0.25, 0.3) is 0 Å². The lowest BCUT2D eigenvalue weighted by molar-refractivity contribution is 0.0736. The molecule has 0 amide bonds. The zero-order valence-corrected chi connectivity index (χ0v) is 12.0. The van der Waals surface area contributed by atoms with Crippen molar-refractivity contribution in [3.05, 3.63) is 23.8 Å². The first-order valence-electron chi connectivity index (χ1n) is 5.90. The van der Waals surface area contributed by atoms with Crippen molar-refractivity contribution >= 4 is 15.7 Å². The fraction of sp³-hybridized carbons (Fsp3) is 0.500. The van der Waals surface area contributed by atoms with Crippen molar-refractivity contribution in [2.45, 2.75) is 11.8 Å². The quantitative estimate of drug-likeness (QED) is 0.537. The molecule has 0 aliphatic heterocycles. The van der Waals surface area contributed by atoms with Gasteiger partial charge in [0.2, 0.25) is 10.0 Å².